The molecule has 132 valence electrons. The molecule has 1 aliphatic heterocycles. The van der Waals surface area contributed by atoms with E-state index >= 15 is 0 Å². The number of nitrogens with zero attached hydrogens (tertiary/aromatic N) is 2. The third-order valence-corrected chi connectivity index (χ3v) is 5.79. The van der Waals surface area contributed by atoms with E-state index in [4.69, 9.17) is 0 Å². The molecule has 3 atom stereocenters. The van der Waals surface area contributed by atoms with Crippen LogP contribution in [-0.2, 0) is 16.1 Å². The van der Waals surface area contributed by atoms with Crippen molar-refractivity contribution >= 4 is 11.8 Å². The molecule has 1 aromatic carbocycles. The molecule has 0 N–H and O–H groups in total. The fraction of sp³-hybridized carbons (Fsp3) is 0.500. The van der Waals surface area contributed by atoms with Gasteiger partial charge in [-0.2, -0.15) is 0 Å². The maximum Gasteiger partial charge on any atom is 0.242 e. The Kier molecular flexibility index (Phi) is 4.32. The monoisotopic (exact) mass is 342 g/mol. The molecule has 3 aliphatic rings. The fourth-order valence-corrected chi connectivity index (χ4v) is 4.43. The predicted molar refractivity (Wildman–Crippen MR) is 91.9 cm³/mol. The highest BCUT2D eigenvalue weighted by molar-refractivity contribution is 5.86. The molecule has 0 unspecified atom stereocenters. The van der Waals surface area contributed by atoms with E-state index in [-0.39, 0.29) is 24.2 Å². The van der Waals surface area contributed by atoms with Gasteiger partial charge in [0.25, 0.3) is 0 Å². The van der Waals surface area contributed by atoms with Gasteiger partial charge in [0.2, 0.25) is 11.8 Å². The minimum Gasteiger partial charge on any atom is -0.335 e. The lowest BCUT2D eigenvalue weighted by atomic mass is 9.90. The molecule has 1 saturated carbocycles. The molecule has 4 nitrogen and oxygen atoms in total. The average molecular weight is 342 g/mol. The van der Waals surface area contributed by atoms with E-state index in [2.05, 4.69) is 12.2 Å². The topological polar surface area (TPSA) is 40.6 Å². The first kappa shape index (κ1) is 16.3. The third-order valence-electron chi connectivity index (χ3n) is 5.79. The summed E-state index contributed by atoms with van der Waals surface area (Å²) in [6.45, 7) is 1.62. The number of carbonyl (C=O) groups excluding carboxylic acids is 2. The molecule has 2 aliphatic carbocycles. The van der Waals surface area contributed by atoms with Crippen molar-refractivity contribution in [2.75, 3.05) is 19.6 Å². The number of piperazine rings is 1. The van der Waals surface area contributed by atoms with Crippen molar-refractivity contribution in [3.05, 3.63) is 47.8 Å². The number of carbonyl (C=O) groups is 2. The van der Waals surface area contributed by atoms with E-state index in [1.165, 1.54) is 18.6 Å². The Hall–Kier alpha value is -2.17. The van der Waals surface area contributed by atoms with E-state index in [0.29, 0.717) is 43.8 Å². The van der Waals surface area contributed by atoms with Crippen molar-refractivity contribution in [1.82, 2.24) is 9.80 Å². The summed E-state index contributed by atoms with van der Waals surface area (Å²) in [5.41, 5.74) is 0.780. The molecule has 2 amide bonds. The van der Waals surface area contributed by atoms with Crippen molar-refractivity contribution < 1.29 is 14.0 Å². The van der Waals surface area contributed by atoms with Gasteiger partial charge in [-0.15, -0.1) is 0 Å². The van der Waals surface area contributed by atoms with Gasteiger partial charge in [-0.05, 0) is 48.3 Å². The van der Waals surface area contributed by atoms with Gasteiger partial charge in [0.15, 0.2) is 0 Å². The van der Waals surface area contributed by atoms with Crippen LogP contribution in [-0.4, -0.2) is 41.2 Å². The lowest BCUT2D eigenvalue weighted by molar-refractivity contribution is -0.146. The maximum absolute atomic E-state index is 13.3. The van der Waals surface area contributed by atoms with Crippen LogP contribution in [0.1, 0.15) is 24.8 Å². The summed E-state index contributed by atoms with van der Waals surface area (Å²) in [6.07, 6.45) is 7.40. The van der Waals surface area contributed by atoms with Crippen molar-refractivity contribution in [2.45, 2.75) is 25.8 Å². The first-order chi connectivity index (χ1) is 12.1. The van der Waals surface area contributed by atoms with Gasteiger partial charge in [-0.25, -0.2) is 4.39 Å². The number of fused-ring (bicyclic) bond motifs is 2. The van der Waals surface area contributed by atoms with Crippen molar-refractivity contribution in [2.24, 2.45) is 17.8 Å². The second-order valence-corrected chi connectivity index (χ2v) is 7.50. The Morgan fingerprint density at radius 1 is 1.20 bits per heavy atom. The minimum absolute atomic E-state index is 0.0586. The lowest BCUT2D eigenvalue weighted by Crippen LogP contribution is -2.52. The minimum atomic E-state index is -0.293. The molecule has 25 heavy (non-hydrogen) atoms. The highest BCUT2D eigenvalue weighted by Crippen LogP contribution is 2.45. The molecule has 0 radical (unpaired) electrons. The SMILES string of the molecule is O=C(C[C@@H]1C[C@@H]2C=C[C@H]1C2)N1CCN(Cc2cccc(F)c2)C(=O)C1. The summed E-state index contributed by atoms with van der Waals surface area (Å²) in [4.78, 5) is 28.4. The van der Waals surface area contributed by atoms with Crippen LogP contribution in [0.25, 0.3) is 0 Å². The highest BCUT2D eigenvalue weighted by atomic mass is 19.1. The van der Waals surface area contributed by atoms with Crippen LogP contribution in [0.2, 0.25) is 0 Å². The zero-order valence-corrected chi connectivity index (χ0v) is 14.2. The van der Waals surface area contributed by atoms with Gasteiger partial charge in [-0.1, -0.05) is 24.3 Å². The average Bonchev–Trinajstić information content (AvgIpc) is 3.19. The van der Waals surface area contributed by atoms with Crippen LogP contribution in [0.3, 0.4) is 0 Å². The summed E-state index contributed by atoms with van der Waals surface area (Å²) < 4.78 is 13.3. The molecule has 2 fully saturated rings. The molecular weight excluding hydrogens is 319 g/mol. The fourth-order valence-electron chi connectivity index (χ4n) is 4.43. The number of rotatable bonds is 4. The molecule has 1 aromatic rings. The zero-order chi connectivity index (χ0) is 17.4. The molecule has 2 bridgehead atoms. The van der Waals surface area contributed by atoms with Gasteiger partial charge >= 0.3 is 0 Å². The summed E-state index contributed by atoms with van der Waals surface area (Å²) >= 11 is 0. The maximum atomic E-state index is 13.3. The van der Waals surface area contributed by atoms with E-state index in [9.17, 15) is 14.0 Å². The Balaban J connectivity index is 1.31. The first-order valence-electron chi connectivity index (χ1n) is 9.07. The molecule has 1 heterocycles. The van der Waals surface area contributed by atoms with Crippen LogP contribution in [0.15, 0.2) is 36.4 Å². The lowest BCUT2D eigenvalue weighted by Gasteiger charge is -2.35. The first-order valence-corrected chi connectivity index (χ1v) is 9.07. The van der Waals surface area contributed by atoms with Gasteiger partial charge in [-0.3, -0.25) is 9.59 Å². The second kappa shape index (κ2) is 6.62. The summed E-state index contributed by atoms with van der Waals surface area (Å²) in [7, 11) is 0. The van der Waals surface area contributed by atoms with Crippen LogP contribution in [0, 0.1) is 23.6 Å². The van der Waals surface area contributed by atoms with Crippen LogP contribution in [0.5, 0.6) is 0 Å². The predicted octanol–water partition coefficient (Wildman–Crippen LogP) is 2.60. The standard InChI is InChI=1S/C20H23FN2O2/c21-18-3-1-2-15(10-18)12-22-6-7-23(13-20(22)25)19(24)11-17-9-14-4-5-16(17)8-14/h1-5,10,14,16-17H,6-9,11-13H2/t14-,16+,17+/m1/s1. The quantitative estimate of drug-likeness (QED) is 0.789. The number of allylic oxidation sites excluding steroid dienone is 2. The van der Waals surface area contributed by atoms with Crippen LogP contribution < -0.4 is 0 Å². The Morgan fingerprint density at radius 2 is 2.08 bits per heavy atom. The van der Waals surface area contributed by atoms with Gasteiger partial charge in [0.05, 0.1) is 6.54 Å². The summed E-state index contributed by atoms with van der Waals surface area (Å²) in [6, 6.07) is 6.31. The molecule has 1 saturated heterocycles. The van der Waals surface area contributed by atoms with E-state index in [0.717, 1.165) is 12.0 Å². The summed E-state index contributed by atoms with van der Waals surface area (Å²) in [5.74, 6) is 1.41. The van der Waals surface area contributed by atoms with Crippen molar-refractivity contribution in [1.29, 1.82) is 0 Å². The number of hydrogen-bond donors (Lipinski definition) is 0. The van der Waals surface area contributed by atoms with Gasteiger partial charge in [0.1, 0.15) is 5.82 Å². The molecule has 4 rings (SSSR count). The van der Waals surface area contributed by atoms with E-state index in [1.54, 1.807) is 15.9 Å². The number of benzene rings is 1. The second-order valence-electron chi connectivity index (χ2n) is 7.50. The number of hydrogen-bond acceptors (Lipinski definition) is 2. The summed E-state index contributed by atoms with van der Waals surface area (Å²) in [5, 5.41) is 0. The molecule has 0 aromatic heterocycles. The molecule has 0 spiro atoms. The Morgan fingerprint density at radius 3 is 2.76 bits per heavy atom. The molecule has 5 heteroatoms. The highest BCUT2D eigenvalue weighted by Gasteiger charge is 2.38. The zero-order valence-electron chi connectivity index (χ0n) is 14.2. The van der Waals surface area contributed by atoms with Gasteiger partial charge < -0.3 is 9.80 Å². The Labute approximate surface area is 147 Å². The third kappa shape index (κ3) is 3.46. The van der Waals surface area contributed by atoms with Crippen molar-refractivity contribution in [3.63, 3.8) is 0 Å². The van der Waals surface area contributed by atoms with Crippen molar-refractivity contribution in [3.8, 4) is 0 Å². The van der Waals surface area contributed by atoms with Gasteiger partial charge in [0, 0.05) is 26.1 Å². The van der Waals surface area contributed by atoms with E-state index < -0.39 is 0 Å². The smallest absolute Gasteiger partial charge is 0.242 e. The largest absolute Gasteiger partial charge is 0.335 e. The Bertz CT molecular complexity index is 717. The molecular formula is C20H23FN2O2. The number of halogens is 1. The van der Waals surface area contributed by atoms with Crippen LogP contribution >= 0.6 is 0 Å². The van der Waals surface area contributed by atoms with E-state index in [1.807, 2.05) is 6.07 Å². The number of amides is 2. The normalized spacial score (nSPS) is 28.0. The van der Waals surface area contributed by atoms with Crippen LogP contribution in [0.4, 0.5) is 4.39 Å².